The molecule has 3 nitrogen and oxygen atoms in total. The van der Waals surface area contributed by atoms with Crippen LogP contribution in [0.4, 0.5) is 0 Å². The zero-order chi connectivity index (χ0) is 14.8. The summed E-state index contributed by atoms with van der Waals surface area (Å²) in [6, 6.07) is 9.65. The average Bonchev–Trinajstić information content (AvgIpc) is 2.44. The highest BCUT2D eigenvalue weighted by Gasteiger charge is 2.15. The molecule has 112 valence electrons. The number of hydrogen-bond acceptors (Lipinski definition) is 2. The molecule has 2 atom stereocenters. The van der Waals surface area contributed by atoms with Gasteiger partial charge in [-0.25, -0.2) is 0 Å². The summed E-state index contributed by atoms with van der Waals surface area (Å²) in [6.07, 6.45) is 6.55. The first-order valence-electron chi connectivity index (χ1n) is 7.73. The molecule has 0 bridgehead atoms. The number of amides is 1. The van der Waals surface area contributed by atoms with E-state index in [-0.39, 0.29) is 11.9 Å². The molecule has 3 heteroatoms. The first-order valence-corrected chi connectivity index (χ1v) is 7.73. The van der Waals surface area contributed by atoms with Crippen LogP contribution in [-0.4, -0.2) is 18.0 Å². The molecule has 2 unspecified atom stereocenters. The molecule has 20 heavy (non-hydrogen) atoms. The molecule has 0 spiro atoms. The van der Waals surface area contributed by atoms with Gasteiger partial charge in [0.1, 0.15) is 0 Å². The number of carbonyl (C=O) groups excluding carboxylic acids is 1. The van der Waals surface area contributed by atoms with Crippen LogP contribution in [0.1, 0.15) is 51.5 Å². The Hall–Kier alpha value is -1.35. The van der Waals surface area contributed by atoms with Gasteiger partial charge in [-0.1, -0.05) is 62.9 Å². The molecule has 1 aromatic carbocycles. The van der Waals surface area contributed by atoms with Crippen molar-refractivity contribution in [2.24, 2.45) is 5.73 Å². The summed E-state index contributed by atoms with van der Waals surface area (Å²) in [5.74, 6) is -0.0446. The van der Waals surface area contributed by atoms with Crippen LogP contribution in [0.25, 0.3) is 0 Å². The molecule has 1 amide bonds. The Balaban J connectivity index is 2.27. The van der Waals surface area contributed by atoms with Crippen LogP contribution in [-0.2, 0) is 11.2 Å². The highest BCUT2D eigenvalue weighted by atomic mass is 16.2. The SMILES string of the molecule is CCCCCCC(C)NC(=O)C(N)Cc1ccccc1. The van der Waals surface area contributed by atoms with Gasteiger partial charge in [0, 0.05) is 6.04 Å². The summed E-state index contributed by atoms with van der Waals surface area (Å²) >= 11 is 0. The Bertz CT molecular complexity index is 378. The van der Waals surface area contributed by atoms with Crippen molar-refractivity contribution >= 4 is 5.91 Å². The summed E-state index contributed by atoms with van der Waals surface area (Å²) in [4.78, 5) is 12.0. The highest BCUT2D eigenvalue weighted by molar-refractivity contribution is 5.82. The lowest BCUT2D eigenvalue weighted by Gasteiger charge is -2.17. The highest BCUT2D eigenvalue weighted by Crippen LogP contribution is 2.06. The second kappa shape index (κ2) is 9.54. The maximum Gasteiger partial charge on any atom is 0.237 e. The van der Waals surface area contributed by atoms with E-state index in [0.29, 0.717) is 6.42 Å². The van der Waals surface area contributed by atoms with Gasteiger partial charge in [-0.2, -0.15) is 0 Å². The van der Waals surface area contributed by atoms with Crippen molar-refractivity contribution in [2.75, 3.05) is 0 Å². The largest absolute Gasteiger partial charge is 0.352 e. The minimum absolute atomic E-state index is 0.0446. The smallest absolute Gasteiger partial charge is 0.237 e. The summed E-state index contributed by atoms with van der Waals surface area (Å²) < 4.78 is 0. The Morgan fingerprint density at radius 2 is 1.90 bits per heavy atom. The van der Waals surface area contributed by atoms with Gasteiger partial charge in [-0.3, -0.25) is 4.79 Å². The molecule has 0 aliphatic heterocycles. The van der Waals surface area contributed by atoms with E-state index in [4.69, 9.17) is 5.73 Å². The maximum absolute atomic E-state index is 12.0. The van der Waals surface area contributed by atoms with E-state index in [1.165, 1.54) is 25.7 Å². The topological polar surface area (TPSA) is 55.1 Å². The van der Waals surface area contributed by atoms with E-state index >= 15 is 0 Å². The lowest BCUT2D eigenvalue weighted by molar-refractivity contribution is -0.123. The first-order chi connectivity index (χ1) is 9.63. The summed E-state index contributed by atoms with van der Waals surface area (Å²) in [5.41, 5.74) is 7.06. The molecule has 0 aliphatic rings. The van der Waals surface area contributed by atoms with E-state index in [2.05, 4.69) is 19.2 Å². The van der Waals surface area contributed by atoms with E-state index < -0.39 is 6.04 Å². The Morgan fingerprint density at radius 1 is 1.20 bits per heavy atom. The fourth-order valence-electron chi connectivity index (χ4n) is 2.26. The van der Waals surface area contributed by atoms with Crippen molar-refractivity contribution < 1.29 is 4.79 Å². The molecular formula is C17H28N2O. The van der Waals surface area contributed by atoms with Crippen LogP contribution >= 0.6 is 0 Å². The standard InChI is InChI=1S/C17H28N2O/c1-3-4-5-7-10-14(2)19-17(20)16(18)13-15-11-8-6-9-12-15/h6,8-9,11-12,14,16H,3-5,7,10,13,18H2,1-2H3,(H,19,20). The minimum Gasteiger partial charge on any atom is -0.352 e. The zero-order valence-electron chi connectivity index (χ0n) is 12.8. The van der Waals surface area contributed by atoms with E-state index in [9.17, 15) is 4.79 Å². The van der Waals surface area contributed by atoms with Crippen LogP contribution in [0.3, 0.4) is 0 Å². The maximum atomic E-state index is 12.0. The second-order valence-electron chi connectivity index (χ2n) is 5.56. The molecule has 1 rings (SSSR count). The number of nitrogens with one attached hydrogen (secondary N) is 1. The normalized spacial score (nSPS) is 13.8. The molecule has 0 aromatic heterocycles. The quantitative estimate of drug-likeness (QED) is 0.681. The Labute approximate surface area is 122 Å². The summed E-state index contributed by atoms with van der Waals surface area (Å²) in [7, 11) is 0. The van der Waals surface area contributed by atoms with Crippen molar-refractivity contribution in [1.29, 1.82) is 0 Å². The lowest BCUT2D eigenvalue weighted by Crippen LogP contribution is -2.45. The van der Waals surface area contributed by atoms with Crippen molar-refractivity contribution in [3.05, 3.63) is 35.9 Å². The lowest BCUT2D eigenvalue weighted by atomic mass is 10.0. The minimum atomic E-state index is -0.463. The monoisotopic (exact) mass is 276 g/mol. The number of benzene rings is 1. The van der Waals surface area contributed by atoms with Crippen molar-refractivity contribution in [3.8, 4) is 0 Å². The molecule has 0 radical (unpaired) electrons. The van der Waals surface area contributed by atoms with Gasteiger partial charge in [-0.05, 0) is 25.3 Å². The van der Waals surface area contributed by atoms with Gasteiger partial charge in [0.15, 0.2) is 0 Å². The van der Waals surface area contributed by atoms with Crippen LogP contribution in [0, 0.1) is 0 Å². The van der Waals surface area contributed by atoms with Crippen LogP contribution in [0.5, 0.6) is 0 Å². The van der Waals surface area contributed by atoms with Crippen molar-refractivity contribution in [2.45, 2.75) is 64.5 Å². The molecular weight excluding hydrogens is 248 g/mol. The molecule has 0 aliphatic carbocycles. The molecule has 0 saturated carbocycles. The molecule has 0 saturated heterocycles. The van der Waals surface area contributed by atoms with Gasteiger partial charge in [0.25, 0.3) is 0 Å². The molecule has 0 heterocycles. The predicted octanol–water partition coefficient (Wildman–Crippen LogP) is 3.03. The third-order valence-corrected chi connectivity index (χ3v) is 3.51. The summed E-state index contributed by atoms with van der Waals surface area (Å²) in [6.45, 7) is 4.26. The van der Waals surface area contributed by atoms with Crippen LogP contribution in [0.2, 0.25) is 0 Å². The second-order valence-corrected chi connectivity index (χ2v) is 5.56. The number of nitrogens with two attached hydrogens (primary N) is 1. The van der Waals surface area contributed by atoms with Gasteiger partial charge in [0.2, 0.25) is 5.91 Å². The number of rotatable bonds is 9. The van der Waals surface area contributed by atoms with Gasteiger partial charge in [-0.15, -0.1) is 0 Å². The van der Waals surface area contributed by atoms with E-state index in [0.717, 1.165) is 12.0 Å². The third-order valence-electron chi connectivity index (χ3n) is 3.51. The fraction of sp³-hybridized carbons (Fsp3) is 0.588. The molecule has 0 fully saturated rings. The van der Waals surface area contributed by atoms with Crippen LogP contribution in [0.15, 0.2) is 30.3 Å². The third kappa shape index (κ3) is 6.71. The number of unbranched alkanes of at least 4 members (excludes halogenated alkanes) is 3. The number of carbonyl (C=O) groups is 1. The summed E-state index contributed by atoms with van der Waals surface area (Å²) in [5, 5.41) is 3.01. The predicted molar refractivity (Wildman–Crippen MR) is 84.5 cm³/mol. The Morgan fingerprint density at radius 3 is 2.55 bits per heavy atom. The van der Waals surface area contributed by atoms with Gasteiger partial charge in [0.05, 0.1) is 6.04 Å². The first kappa shape index (κ1) is 16.7. The van der Waals surface area contributed by atoms with Gasteiger partial charge < -0.3 is 11.1 Å². The Kier molecular flexibility index (Phi) is 7.97. The zero-order valence-corrected chi connectivity index (χ0v) is 12.8. The van der Waals surface area contributed by atoms with E-state index in [1.807, 2.05) is 30.3 Å². The number of hydrogen-bond donors (Lipinski definition) is 2. The van der Waals surface area contributed by atoms with Crippen molar-refractivity contribution in [1.82, 2.24) is 5.32 Å². The fourth-order valence-corrected chi connectivity index (χ4v) is 2.26. The average molecular weight is 276 g/mol. The van der Waals surface area contributed by atoms with E-state index in [1.54, 1.807) is 0 Å². The van der Waals surface area contributed by atoms with Crippen LogP contribution < -0.4 is 11.1 Å². The van der Waals surface area contributed by atoms with Crippen molar-refractivity contribution in [3.63, 3.8) is 0 Å². The van der Waals surface area contributed by atoms with Gasteiger partial charge >= 0.3 is 0 Å². The molecule has 1 aromatic rings. The molecule has 3 N–H and O–H groups in total.